The van der Waals surface area contributed by atoms with Crippen LogP contribution < -0.4 is 19.7 Å². The van der Waals surface area contributed by atoms with Gasteiger partial charge in [0.05, 0.1) is 43.0 Å². The number of ether oxygens (including phenoxy) is 2. The number of fused-ring (bicyclic) bond motifs is 4. The standard InChI is InChI=1S/C35H32N6O2/c1-5-23-15-17-24(18-16-23)36-33-35-38-34-31(22(2)39-41(34)25-11-7-6-8-12-25)32(27-20-19-26(42-3)21-30(27)43-4)40(35)29-14-10-9-13-28(29)37-33/h6-21,32H,5H2,1-4H3,(H,36,37). The lowest BCUT2D eigenvalue weighted by molar-refractivity contribution is 0.390. The summed E-state index contributed by atoms with van der Waals surface area (Å²) < 4.78 is 13.5. The van der Waals surface area contributed by atoms with E-state index in [1.54, 1.807) is 14.2 Å². The second-order valence-electron chi connectivity index (χ2n) is 10.5. The summed E-state index contributed by atoms with van der Waals surface area (Å²) in [7, 11) is 3.35. The lowest BCUT2D eigenvalue weighted by atomic mass is 9.92. The molecule has 214 valence electrons. The van der Waals surface area contributed by atoms with E-state index in [9.17, 15) is 0 Å². The average molecular weight is 569 g/mol. The fourth-order valence-electron chi connectivity index (χ4n) is 5.85. The summed E-state index contributed by atoms with van der Waals surface area (Å²) in [5.41, 5.74) is 7.80. The molecule has 1 N–H and O–H groups in total. The minimum Gasteiger partial charge on any atom is -0.497 e. The van der Waals surface area contributed by atoms with E-state index in [-0.39, 0.29) is 6.04 Å². The van der Waals surface area contributed by atoms with Crippen molar-refractivity contribution < 1.29 is 9.47 Å². The number of rotatable bonds is 6. The maximum absolute atomic E-state index is 5.98. The van der Waals surface area contributed by atoms with Crippen molar-refractivity contribution in [2.75, 3.05) is 24.4 Å². The van der Waals surface area contributed by atoms with Crippen molar-refractivity contribution >= 4 is 34.6 Å². The molecular formula is C35H32N6O2. The first kappa shape index (κ1) is 26.5. The highest BCUT2D eigenvalue weighted by Crippen LogP contribution is 2.50. The number of amidine groups is 2. The van der Waals surface area contributed by atoms with Crippen LogP contribution in [0.4, 0.5) is 22.9 Å². The Balaban J connectivity index is 1.49. The molecule has 1 aromatic heterocycles. The first-order valence-electron chi connectivity index (χ1n) is 14.4. The molecule has 0 radical (unpaired) electrons. The van der Waals surface area contributed by atoms with Crippen LogP contribution in [0, 0.1) is 6.92 Å². The number of hydrogen-bond acceptors (Lipinski definition) is 7. The Kier molecular flexibility index (Phi) is 6.66. The highest BCUT2D eigenvalue weighted by atomic mass is 16.5. The zero-order valence-electron chi connectivity index (χ0n) is 24.6. The Labute approximate surface area is 251 Å². The van der Waals surface area contributed by atoms with E-state index >= 15 is 0 Å². The summed E-state index contributed by atoms with van der Waals surface area (Å²) in [6.07, 6.45) is 0.978. The lowest BCUT2D eigenvalue weighted by Gasteiger charge is -2.41. The maximum Gasteiger partial charge on any atom is 0.179 e. The smallest absolute Gasteiger partial charge is 0.179 e. The van der Waals surface area contributed by atoms with E-state index in [0.29, 0.717) is 17.4 Å². The Morgan fingerprint density at radius 3 is 2.35 bits per heavy atom. The van der Waals surface area contributed by atoms with Crippen molar-refractivity contribution in [3.8, 4) is 17.2 Å². The Hall–Kier alpha value is -5.37. The summed E-state index contributed by atoms with van der Waals surface area (Å²) in [5.74, 6) is 3.55. The molecule has 3 heterocycles. The van der Waals surface area contributed by atoms with Gasteiger partial charge in [0.2, 0.25) is 0 Å². The minimum absolute atomic E-state index is 0.309. The molecule has 0 amide bonds. The van der Waals surface area contributed by atoms with Crippen LogP contribution >= 0.6 is 0 Å². The first-order valence-corrected chi connectivity index (χ1v) is 14.4. The van der Waals surface area contributed by atoms with Gasteiger partial charge < -0.3 is 19.7 Å². The van der Waals surface area contributed by atoms with E-state index in [1.165, 1.54) is 5.56 Å². The van der Waals surface area contributed by atoms with Gasteiger partial charge in [0.25, 0.3) is 0 Å². The van der Waals surface area contributed by atoms with Crippen LogP contribution in [-0.4, -0.2) is 35.7 Å². The fraction of sp³-hybridized carbons (Fsp3) is 0.171. The third-order valence-corrected chi connectivity index (χ3v) is 8.00. The Morgan fingerprint density at radius 2 is 1.60 bits per heavy atom. The van der Waals surface area contributed by atoms with Gasteiger partial charge in [0, 0.05) is 22.9 Å². The molecule has 5 aromatic rings. The van der Waals surface area contributed by atoms with Gasteiger partial charge in [-0.05, 0) is 67.4 Å². The van der Waals surface area contributed by atoms with Gasteiger partial charge in [-0.15, -0.1) is 0 Å². The molecule has 7 rings (SSSR count). The van der Waals surface area contributed by atoms with E-state index in [4.69, 9.17) is 24.6 Å². The van der Waals surface area contributed by atoms with Gasteiger partial charge in [-0.25, -0.2) is 14.7 Å². The highest BCUT2D eigenvalue weighted by molar-refractivity contribution is 6.51. The molecule has 0 aliphatic carbocycles. The number of benzene rings is 4. The molecule has 4 aromatic carbocycles. The van der Waals surface area contributed by atoms with E-state index in [0.717, 1.165) is 57.6 Å². The SMILES string of the molecule is CCc1ccc(NC2=Nc3ccccc3N3C2=Nc2c(c(C)nn2-c2ccccc2)C3c2ccc(OC)cc2OC)cc1. The van der Waals surface area contributed by atoms with Crippen LogP contribution in [-0.2, 0) is 6.42 Å². The van der Waals surface area contributed by atoms with Crippen LogP contribution in [0.2, 0.25) is 0 Å². The minimum atomic E-state index is -0.309. The molecule has 2 aliphatic heterocycles. The number of methoxy groups -OCH3 is 2. The highest BCUT2D eigenvalue weighted by Gasteiger charge is 2.42. The van der Waals surface area contributed by atoms with Crippen LogP contribution in [0.1, 0.15) is 35.3 Å². The van der Waals surface area contributed by atoms with Crippen LogP contribution in [0.25, 0.3) is 5.69 Å². The number of aliphatic imine (C=N–C) groups is 2. The largest absolute Gasteiger partial charge is 0.497 e. The van der Waals surface area contributed by atoms with Crippen molar-refractivity contribution in [1.82, 2.24) is 9.78 Å². The van der Waals surface area contributed by atoms with Gasteiger partial charge in [-0.3, -0.25) is 0 Å². The number of aryl methyl sites for hydroxylation is 2. The summed E-state index contributed by atoms with van der Waals surface area (Å²) in [4.78, 5) is 12.7. The molecule has 43 heavy (non-hydrogen) atoms. The maximum atomic E-state index is 5.98. The third-order valence-electron chi connectivity index (χ3n) is 8.00. The van der Waals surface area contributed by atoms with Gasteiger partial charge in [0.1, 0.15) is 11.5 Å². The summed E-state index contributed by atoms with van der Waals surface area (Å²) in [5, 5.41) is 8.61. The van der Waals surface area contributed by atoms with Crippen molar-refractivity contribution in [3.63, 3.8) is 0 Å². The third kappa shape index (κ3) is 4.52. The average Bonchev–Trinajstić information content (AvgIpc) is 3.40. The first-order chi connectivity index (χ1) is 21.1. The predicted octanol–water partition coefficient (Wildman–Crippen LogP) is 7.56. The van der Waals surface area contributed by atoms with Gasteiger partial charge >= 0.3 is 0 Å². The number of anilines is 2. The number of nitrogens with one attached hydrogen (secondary N) is 1. The molecule has 0 spiro atoms. The summed E-state index contributed by atoms with van der Waals surface area (Å²) >= 11 is 0. The zero-order valence-corrected chi connectivity index (χ0v) is 24.6. The van der Waals surface area contributed by atoms with Crippen molar-refractivity contribution in [1.29, 1.82) is 0 Å². The molecule has 1 unspecified atom stereocenters. The zero-order chi connectivity index (χ0) is 29.5. The Bertz CT molecular complexity index is 1870. The van der Waals surface area contributed by atoms with Gasteiger partial charge in [-0.2, -0.15) is 5.10 Å². The normalized spacial score (nSPS) is 15.1. The molecule has 0 fully saturated rings. The van der Waals surface area contributed by atoms with Crippen LogP contribution in [0.5, 0.6) is 11.5 Å². The predicted molar refractivity (Wildman–Crippen MR) is 172 cm³/mol. The van der Waals surface area contributed by atoms with Crippen molar-refractivity contribution in [3.05, 3.63) is 119 Å². The molecule has 8 nitrogen and oxygen atoms in total. The molecule has 0 saturated heterocycles. The quantitative estimate of drug-likeness (QED) is 0.229. The van der Waals surface area contributed by atoms with E-state index in [1.807, 2.05) is 72.3 Å². The van der Waals surface area contributed by atoms with E-state index in [2.05, 4.69) is 53.5 Å². The summed E-state index contributed by atoms with van der Waals surface area (Å²) in [6, 6.07) is 32.4. The molecule has 0 bridgehead atoms. The number of para-hydroxylation sites is 3. The number of aromatic nitrogens is 2. The topological polar surface area (TPSA) is 76.3 Å². The molecule has 1 atom stereocenters. The van der Waals surface area contributed by atoms with Gasteiger partial charge in [0.15, 0.2) is 17.5 Å². The van der Waals surface area contributed by atoms with Crippen molar-refractivity contribution in [2.24, 2.45) is 9.98 Å². The summed E-state index contributed by atoms with van der Waals surface area (Å²) in [6.45, 7) is 4.20. The molecule has 2 aliphatic rings. The van der Waals surface area contributed by atoms with Gasteiger partial charge in [-0.1, -0.05) is 49.4 Å². The van der Waals surface area contributed by atoms with Crippen LogP contribution in [0.3, 0.4) is 0 Å². The number of nitrogens with zero attached hydrogens (tertiary/aromatic N) is 5. The number of hydrogen-bond donors (Lipinski definition) is 1. The van der Waals surface area contributed by atoms with Crippen LogP contribution in [0.15, 0.2) is 107 Å². The molecular weight excluding hydrogens is 536 g/mol. The second kappa shape index (κ2) is 10.8. The van der Waals surface area contributed by atoms with E-state index < -0.39 is 0 Å². The Morgan fingerprint density at radius 1 is 0.837 bits per heavy atom. The fourth-order valence-corrected chi connectivity index (χ4v) is 5.85. The molecule has 8 heteroatoms. The van der Waals surface area contributed by atoms with Crippen molar-refractivity contribution in [2.45, 2.75) is 26.3 Å². The second-order valence-corrected chi connectivity index (χ2v) is 10.5. The lowest BCUT2D eigenvalue weighted by Crippen LogP contribution is -2.46. The monoisotopic (exact) mass is 568 g/mol. The molecule has 0 saturated carbocycles.